The summed E-state index contributed by atoms with van der Waals surface area (Å²) in [7, 11) is 0. The molecule has 7 heteroatoms. The van der Waals surface area contributed by atoms with Crippen LogP contribution in [0.3, 0.4) is 0 Å². The lowest BCUT2D eigenvalue weighted by molar-refractivity contribution is -0.123. The van der Waals surface area contributed by atoms with Gasteiger partial charge in [0.1, 0.15) is 5.01 Å². The molecule has 0 fully saturated rings. The number of nitrogens with zero attached hydrogens (tertiary/aromatic N) is 1. The number of ether oxygens (including phenoxy) is 1. The van der Waals surface area contributed by atoms with Crippen LogP contribution in [0.4, 0.5) is 0 Å². The minimum Gasteiger partial charge on any atom is -0.478 e. The highest BCUT2D eigenvalue weighted by molar-refractivity contribution is 7.15. The van der Waals surface area contributed by atoms with E-state index in [4.69, 9.17) is 9.84 Å². The van der Waals surface area contributed by atoms with E-state index in [0.29, 0.717) is 12.4 Å². The summed E-state index contributed by atoms with van der Waals surface area (Å²) in [6.07, 6.45) is 4.45. The number of carbonyl (C=O) groups is 2. The second kappa shape index (κ2) is 9.91. The lowest BCUT2D eigenvalue weighted by atomic mass is 10.1. The zero-order chi connectivity index (χ0) is 18.9. The summed E-state index contributed by atoms with van der Waals surface area (Å²) in [4.78, 5) is 28.0. The Morgan fingerprint density at radius 3 is 2.58 bits per heavy atom. The first kappa shape index (κ1) is 19.9. The molecule has 0 saturated heterocycles. The number of unbranched alkanes of at least 4 members (excludes halogenated alkanes) is 3. The van der Waals surface area contributed by atoms with Crippen molar-refractivity contribution in [2.24, 2.45) is 0 Å². The van der Waals surface area contributed by atoms with E-state index in [9.17, 15) is 9.59 Å². The van der Waals surface area contributed by atoms with Crippen molar-refractivity contribution in [2.75, 3.05) is 13.2 Å². The van der Waals surface area contributed by atoms with Gasteiger partial charge >= 0.3 is 5.97 Å². The zero-order valence-electron chi connectivity index (χ0n) is 15.1. The van der Waals surface area contributed by atoms with Crippen LogP contribution in [0.5, 0.6) is 5.88 Å². The van der Waals surface area contributed by atoms with Gasteiger partial charge in [0.15, 0.2) is 6.61 Å². The average molecular weight is 376 g/mol. The molecule has 0 unspecified atom stereocenters. The highest BCUT2D eigenvalue weighted by Gasteiger charge is 2.13. The Morgan fingerprint density at radius 1 is 1.19 bits per heavy atom. The SMILES string of the molecule is CCCCCCNC(=O)COc1nc(-c2ccc(C(=O)O)cc2)sc1C. The van der Waals surface area contributed by atoms with Crippen molar-refractivity contribution in [1.82, 2.24) is 10.3 Å². The van der Waals surface area contributed by atoms with Gasteiger partial charge in [-0.25, -0.2) is 9.78 Å². The Kier molecular flexibility index (Phi) is 7.59. The van der Waals surface area contributed by atoms with E-state index in [2.05, 4.69) is 17.2 Å². The number of rotatable bonds is 10. The number of carbonyl (C=O) groups excluding carboxylic acids is 1. The topological polar surface area (TPSA) is 88.5 Å². The molecular formula is C19H24N2O4S. The van der Waals surface area contributed by atoms with Crippen molar-refractivity contribution in [1.29, 1.82) is 0 Å². The number of benzene rings is 1. The maximum absolute atomic E-state index is 11.8. The number of aryl methyl sites for hydroxylation is 1. The van der Waals surface area contributed by atoms with Crippen molar-refractivity contribution < 1.29 is 19.4 Å². The highest BCUT2D eigenvalue weighted by Crippen LogP contribution is 2.31. The summed E-state index contributed by atoms with van der Waals surface area (Å²) in [5.74, 6) is -0.675. The molecular weight excluding hydrogens is 352 g/mol. The summed E-state index contributed by atoms with van der Waals surface area (Å²) in [5.41, 5.74) is 1.05. The molecule has 1 aromatic heterocycles. The number of amides is 1. The maximum Gasteiger partial charge on any atom is 0.335 e. The molecule has 2 aromatic rings. The molecule has 2 N–H and O–H groups in total. The minimum absolute atomic E-state index is 0.0598. The molecule has 1 aromatic carbocycles. The summed E-state index contributed by atoms with van der Waals surface area (Å²) in [5, 5.41) is 12.5. The first-order valence-electron chi connectivity index (χ1n) is 8.72. The first-order chi connectivity index (χ1) is 12.5. The number of hydrogen-bond donors (Lipinski definition) is 2. The van der Waals surface area contributed by atoms with E-state index in [-0.39, 0.29) is 18.1 Å². The molecule has 26 heavy (non-hydrogen) atoms. The average Bonchev–Trinajstić information content (AvgIpc) is 3.00. The monoisotopic (exact) mass is 376 g/mol. The fourth-order valence-electron chi connectivity index (χ4n) is 2.36. The Bertz CT molecular complexity index is 740. The predicted octanol–water partition coefficient (Wildman–Crippen LogP) is 3.89. The lowest BCUT2D eigenvalue weighted by Crippen LogP contribution is -2.29. The van der Waals surface area contributed by atoms with Gasteiger partial charge in [0.05, 0.1) is 10.4 Å². The van der Waals surface area contributed by atoms with Crippen molar-refractivity contribution in [3.05, 3.63) is 34.7 Å². The van der Waals surface area contributed by atoms with E-state index >= 15 is 0 Å². The third kappa shape index (κ3) is 5.84. The molecule has 0 aliphatic carbocycles. The van der Waals surface area contributed by atoms with Crippen LogP contribution in [-0.2, 0) is 4.79 Å². The molecule has 0 aliphatic rings. The second-order valence-corrected chi connectivity index (χ2v) is 7.17. The number of aromatic nitrogens is 1. The smallest absolute Gasteiger partial charge is 0.335 e. The van der Waals surface area contributed by atoms with Crippen molar-refractivity contribution >= 4 is 23.2 Å². The highest BCUT2D eigenvalue weighted by atomic mass is 32.1. The molecule has 0 spiro atoms. The van der Waals surface area contributed by atoms with Crippen LogP contribution in [0.2, 0.25) is 0 Å². The molecule has 1 amide bonds. The quantitative estimate of drug-likeness (QED) is 0.614. The number of hydrogen-bond acceptors (Lipinski definition) is 5. The van der Waals surface area contributed by atoms with Crippen LogP contribution < -0.4 is 10.1 Å². The van der Waals surface area contributed by atoms with Gasteiger partial charge in [0, 0.05) is 12.1 Å². The van der Waals surface area contributed by atoms with Crippen LogP contribution in [-0.4, -0.2) is 35.1 Å². The molecule has 0 bridgehead atoms. The van der Waals surface area contributed by atoms with E-state index in [1.807, 2.05) is 6.92 Å². The molecule has 0 aliphatic heterocycles. The van der Waals surface area contributed by atoms with Crippen molar-refractivity contribution in [2.45, 2.75) is 39.5 Å². The molecule has 1 heterocycles. The van der Waals surface area contributed by atoms with Gasteiger partial charge in [-0.3, -0.25) is 4.79 Å². The Labute approximate surface area is 157 Å². The number of carboxylic acids is 1. The van der Waals surface area contributed by atoms with Gasteiger partial charge in [-0.05, 0) is 25.5 Å². The third-order valence-electron chi connectivity index (χ3n) is 3.83. The molecule has 0 radical (unpaired) electrons. The summed E-state index contributed by atoms with van der Waals surface area (Å²) in [6, 6.07) is 6.52. The third-order valence-corrected chi connectivity index (χ3v) is 4.83. The van der Waals surface area contributed by atoms with Crippen LogP contribution in [0.25, 0.3) is 10.6 Å². The standard InChI is InChI=1S/C19H24N2O4S/c1-3-4-5-6-11-20-16(22)12-25-17-13(2)26-18(21-17)14-7-9-15(10-8-14)19(23)24/h7-10H,3-6,11-12H2,1-2H3,(H,20,22)(H,23,24). The lowest BCUT2D eigenvalue weighted by Gasteiger charge is -2.06. The normalized spacial score (nSPS) is 10.5. The van der Waals surface area contributed by atoms with Crippen molar-refractivity contribution in [3.63, 3.8) is 0 Å². The van der Waals surface area contributed by atoms with E-state index in [0.717, 1.165) is 28.3 Å². The minimum atomic E-state index is -0.961. The van der Waals surface area contributed by atoms with Gasteiger partial charge in [-0.15, -0.1) is 11.3 Å². The van der Waals surface area contributed by atoms with Crippen molar-refractivity contribution in [3.8, 4) is 16.5 Å². The molecule has 6 nitrogen and oxygen atoms in total. The van der Waals surface area contributed by atoms with E-state index in [1.165, 1.54) is 24.2 Å². The van der Waals surface area contributed by atoms with Crippen LogP contribution >= 0.6 is 11.3 Å². The Balaban J connectivity index is 1.87. The predicted molar refractivity (Wildman–Crippen MR) is 102 cm³/mol. The zero-order valence-corrected chi connectivity index (χ0v) is 15.9. The Morgan fingerprint density at radius 2 is 1.92 bits per heavy atom. The molecule has 140 valence electrons. The fourth-order valence-corrected chi connectivity index (χ4v) is 3.22. The van der Waals surface area contributed by atoms with E-state index < -0.39 is 5.97 Å². The largest absolute Gasteiger partial charge is 0.478 e. The van der Waals surface area contributed by atoms with Crippen LogP contribution in [0.1, 0.15) is 47.8 Å². The summed E-state index contributed by atoms with van der Waals surface area (Å²) < 4.78 is 5.53. The van der Waals surface area contributed by atoms with Gasteiger partial charge < -0.3 is 15.2 Å². The second-order valence-electron chi connectivity index (χ2n) is 5.96. The van der Waals surface area contributed by atoms with Crippen LogP contribution in [0, 0.1) is 6.92 Å². The Hall–Kier alpha value is -2.41. The van der Waals surface area contributed by atoms with Gasteiger partial charge in [-0.2, -0.15) is 0 Å². The summed E-state index contributed by atoms with van der Waals surface area (Å²) >= 11 is 1.45. The van der Waals surface area contributed by atoms with Gasteiger partial charge in [0.2, 0.25) is 5.88 Å². The van der Waals surface area contributed by atoms with E-state index in [1.54, 1.807) is 24.3 Å². The first-order valence-corrected chi connectivity index (χ1v) is 9.53. The van der Waals surface area contributed by atoms with Gasteiger partial charge in [0.25, 0.3) is 5.91 Å². The molecule has 0 saturated carbocycles. The maximum atomic E-state index is 11.8. The number of thiazole rings is 1. The summed E-state index contributed by atoms with van der Waals surface area (Å²) in [6.45, 7) is 4.64. The number of nitrogens with one attached hydrogen (secondary N) is 1. The molecule has 2 rings (SSSR count). The number of carboxylic acid groups (broad SMARTS) is 1. The van der Waals surface area contributed by atoms with Crippen LogP contribution in [0.15, 0.2) is 24.3 Å². The number of aromatic carboxylic acids is 1. The van der Waals surface area contributed by atoms with Gasteiger partial charge in [-0.1, -0.05) is 38.3 Å². The molecule has 0 atom stereocenters. The fraction of sp³-hybridized carbons (Fsp3) is 0.421.